The average molecular weight is 401 g/mol. The highest BCUT2D eigenvalue weighted by molar-refractivity contribution is 7.88. The molecule has 0 saturated heterocycles. The summed E-state index contributed by atoms with van der Waals surface area (Å²) in [7, 11) is -5.71. The molecule has 0 spiro atoms. The summed E-state index contributed by atoms with van der Waals surface area (Å²) in [6, 6.07) is 14.8. The lowest BCUT2D eigenvalue weighted by atomic mass is 9.96. The van der Waals surface area contributed by atoms with Crippen LogP contribution < -0.4 is 4.18 Å². The van der Waals surface area contributed by atoms with Crippen molar-refractivity contribution in [2.45, 2.75) is 12.4 Å². The number of rotatable bonds is 3. The maximum atomic E-state index is 12.5. The van der Waals surface area contributed by atoms with Gasteiger partial charge in [0.15, 0.2) is 0 Å². The minimum Gasteiger partial charge on any atom is -0.376 e. The van der Waals surface area contributed by atoms with Gasteiger partial charge >= 0.3 is 15.6 Å². The van der Waals surface area contributed by atoms with Crippen molar-refractivity contribution < 1.29 is 25.8 Å². The van der Waals surface area contributed by atoms with E-state index in [1.54, 1.807) is 18.2 Å². The van der Waals surface area contributed by atoms with Crippen LogP contribution in [0.1, 0.15) is 5.56 Å². The van der Waals surface area contributed by atoms with Crippen LogP contribution in [0.2, 0.25) is 5.02 Å². The molecular formula is C18H12ClF3O3S. The first-order chi connectivity index (χ1) is 12.1. The van der Waals surface area contributed by atoms with E-state index < -0.39 is 21.4 Å². The summed E-state index contributed by atoms with van der Waals surface area (Å²) < 4.78 is 64.0. The van der Waals surface area contributed by atoms with Gasteiger partial charge in [-0.05, 0) is 58.7 Å². The Morgan fingerprint density at radius 1 is 0.962 bits per heavy atom. The Bertz CT molecular complexity index is 1080. The largest absolute Gasteiger partial charge is 0.534 e. The molecule has 0 bridgehead atoms. The number of aryl methyl sites for hydroxylation is 1. The molecule has 3 aromatic carbocycles. The molecule has 0 saturated carbocycles. The summed E-state index contributed by atoms with van der Waals surface area (Å²) in [5.41, 5.74) is -2.90. The number of fused-ring (bicyclic) bond motifs is 1. The predicted octanol–water partition coefficient (Wildman–Crippen LogP) is 5.70. The zero-order valence-electron chi connectivity index (χ0n) is 13.3. The SMILES string of the molecule is Cc1cc(-c2ccc(Cl)cc2)c2ccc(OS(=O)(=O)C(F)(F)F)cc2c1. The molecule has 0 unspecified atom stereocenters. The van der Waals surface area contributed by atoms with Crippen molar-refractivity contribution in [3.63, 3.8) is 0 Å². The van der Waals surface area contributed by atoms with Gasteiger partial charge in [-0.15, -0.1) is 0 Å². The van der Waals surface area contributed by atoms with Gasteiger partial charge in [0.1, 0.15) is 5.75 Å². The summed E-state index contributed by atoms with van der Waals surface area (Å²) in [5.74, 6) is -0.400. The van der Waals surface area contributed by atoms with Crippen LogP contribution >= 0.6 is 11.6 Å². The molecule has 26 heavy (non-hydrogen) atoms. The standard InChI is InChI=1S/C18H12ClF3O3S/c1-11-8-13-10-15(25-26(23,24)18(20,21)22)6-7-16(13)17(9-11)12-2-4-14(19)5-3-12/h2-10H,1H3. The van der Waals surface area contributed by atoms with Crippen LogP contribution in [0.3, 0.4) is 0 Å². The summed E-state index contributed by atoms with van der Waals surface area (Å²) in [6.45, 7) is 1.83. The third-order valence-electron chi connectivity index (χ3n) is 3.71. The van der Waals surface area contributed by atoms with Crippen LogP contribution in [0.15, 0.2) is 54.6 Å². The Morgan fingerprint density at radius 3 is 2.23 bits per heavy atom. The third kappa shape index (κ3) is 3.64. The van der Waals surface area contributed by atoms with Crippen LogP contribution in [0, 0.1) is 6.92 Å². The van der Waals surface area contributed by atoms with E-state index >= 15 is 0 Å². The van der Waals surface area contributed by atoms with Crippen molar-refractivity contribution in [3.8, 4) is 16.9 Å². The number of halogens is 4. The van der Waals surface area contributed by atoms with Crippen molar-refractivity contribution in [2.24, 2.45) is 0 Å². The Morgan fingerprint density at radius 2 is 1.62 bits per heavy atom. The second-order valence-corrected chi connectivity index (χ2v) is 7.66. The highest BCUT2D eigenvalue weighted by Crippen LogP contribution is 2.34. The van der Waals surface area contributed by atoms with E-state index in [1.807, 2.05) is 25.1 Å². The van der Waals surface area contributed by atoms with Gasteiger partial charge < -0.3 is 4.18 Å². The van der Waals surface area contributed by atoms with Gasteiger partial charge in [-0.25, -0.2) is 0 Å². The Labute approximate surface area is 153 Å². The van der Waals surface area contributed by atoms with E-state index in [0.717, 1.165) is 22.1 Å². The number of hydrogen-bond acceptors (Lipinski definition) is 3. The van der Waals surface area contributed by atoms with Crippen LogP contribution in [0.4, 0.5) is 13.2 Å². The van der Waals surface area contributed by atoms with E-state index in [4.69, 9.17) is 11.6 Å². The molecule has 136 valence electrons. The van der Waals surface area contributed by atoms with E-state index in [1.165, 1.54) is 18.2 Å². The van der Waals surface area contributed by atoms with Crippen LogP contribution in [-0.2, 0) is 10.1 Å². The molecule has 3 rings (SSSR count). The molecule has 0 fully saturated rings. The van der Waals surface area contributed by atoms with Gasteiger partial charge in [-0.1, -0.05) is 41.9 Å². The van der Waals surface area contributed by atoms with E-state index in [-0.39, 0.29) is 0 Å². The highest BCUT2D eigenvalue weighted by Gasteiger charge is 2.48. The molecule has 0 aliphatic carbocycles. The van der Waals surface area contributed by atoms with Crippen molar-refractivity contribution in [1.82, 2.24) is 0 Å². The topological polar surface area (TPSA) is 43.4 Å². The summed E-state index contributed by atoms with van der Waals surface area (Å²) in [5, 5.41) is 1.89. The molecule has 0 aromatic heterocycles. The van der Waals surface area contributed by atoms with E-state index in [0.29, 0.717) is 10.4 Å². The van der Waals surface area contributed by atoms with Crippen LogP contribution in [0.25, 0.3) is 21.9 Å². The van der Waals surface area contributed by atoms with Crippen molar-refractivity contribution in [1.29, 1.82) is 0 Å². The molecular weight excluding hydrogens is 389 g/mol. The van der Waals surface area contributed by atoms with Gasteiger partial charge in [-0.3, -0.25) is 0 Å². The van der Waals surface area contributed by atoms with E-state index in [9.17, 15) is 21.6 Å². The summed E-state index contributed by atoms with van der Waals surface area (Å²) >= 11 is 5.90. The molecule has 0 heterocycles. The minimum absolute atomic E-state index is 0.400. The normalized spacial score (nSPS) is 12.3. The maximum Gasteiger partial charge on any atom is 0.534 e. The van der Waals surface area contributed by atoms with E-state index in [2.05, 4.69) is 4.18 Å². The van der Waals surface area contributed by atoms with Gasteiger partial charge in [0, 0.05) is 5.02 Å². The number of benzene rings is 3. The zero-order valence-corrected chi connectivity index (χ0v) is 14.9. The fraction of sp³-hybridized carbons (Fsp3) is 0.111. The fourth-order valence-corrected chi connectivity index (χ4v) is 3.17. The lowest BCUT2D eigenvalue weighted by Gasteiger charge is -2.12. The third-order valence-corrected chi connectivity index (χ3v) is 4.94. The molecule has 0 N–H and O–H groups in total. The second kappa shape index (κ2) is 6.48. The van der Waals surface area contributed by atoms with Crippen LogP contribution in [0.5, 0.6) is 5.75 Å². The molecule has 0 radical (unpaired) electrons. The molecule has 0 aliphatic heterocycles. The molecule has 0 atom stereocenters. The lowest BCUT2D eigenvalue weighted by molar-refractivity contribution is -0.0500. The number of hydrogen-bond donors (Lipinski definition) is 0. The Hall–Kier alpha value is -2.25. The van der Waals surface area contributed by atoms with Crippen molar-refractivity contribution in [2.75, 3.05) is 0 Å². The van der Waals surface area contributed by atoms with Crippen molar-refractivity contribution >= 4 is 32.5 Å². The monoisotopic (exact) mass is 400 g/mol. The van der Waals surface area contributed by atoms with Gasteiger partial charge in [0.25, 0.3) is 0 Å². The molecule has 3 nitrogen and oxygen atoms in total. The first-order valence-corrected chi connectivity index (χ1v) is 9.16. The Kier molecular flexibility index (Phi) is 4.62. The maximum absolute atomic E-state index is 12.5. The number of alkyl halides is 3. The smallest absolute Gasteiger partial charge is 0.376 e. The predicted molar refractivity (Wildman–Crippen MR) is 94.7 cm³/mol. The molecule has 8 heteroatoms. The first kappa shape index (κ1) is 18.5. The van der Waals surface area contributed by atoms with Crippen LogP contribution in [-0.4, -0.2) is 13.9 Å². The second-order valence-electron chi connectivity index (χ2n) is 5.69. The summed E-state index contributed by atoms with van der Waals surface area (Å²) in [6.07, 6.45) is 0. The van der Waals surface area contributed by atoms with Gasteiger partial charge in [-0.2, -0.15) is 21.6 Å². The van der Waals surface area contributed by atoms with Gasteiger partial charge in [0.05, 0.1) is 0 Å². The van der Waals surface area contributed by atoms with Gasteiger partial charge in [0.2, 0.25) is 0 Å². The minimum atomic E-state index is -5.71. The highest BCUT2D eigenvalue weighted by atomic mass is 35.5. The summed E-state index contributed by atoms with van der Waals surface area (Å²) in [4.78, 5) is 0. The molecule has 3 aromatic rings. The molecule has 0 aliphatic rings. The molecule has 0 amide bonds. The zero-order chi connectivity index (χ0) is 19.1. The lowest BCUT2D eigenvalue weighted by Crippen LogP contribution is -2.28. The first-order valence-electron chi connectivity index (χ1n) is 7.38. The average Bonchev–Trinajstić information content (AvgIpc) is 2.53. The quantitative estimate of drug-likeness (QED) is 0.418. The fourth-order valence-electron chi connectivity index (χ4n) is 2.59. The van der Waals surface area contributed by atoms with Crippen molar-refractivity contribution in [3.05, 3.63) is 65.2 Å². The Balaban J connectivity index is 2.10.